The van der Waals surface area contributed by atoms with Crippen molar-refractivity contribution in [1.82, 2.24) is 9.13 Å². The summed E-state index contributed by atoms with van der Waals surface area (Å²) >= 11 is 0. The summed E-state index contributed by atoms with van der Waals surface area (Å²) in [5, 5.41) is 11.6. The van der Waals surface area contributed by atoms with E-state index in [0.29, 0.717) is 23.3 Å². The number of hydrogen-bond acceptors (Lipinski definition) is 5. The van der Waals surface area contributed by atoms with E-state index in [2.05, 4.69) is 0 Å². The molecule has 134 valence electrons. The molecule has 2 aromatic rings. The Kier molecular flexibility index (Phi) is 4.61. The van der Waals surface area contributed by atoms with Gasteiger partial charge < -0.3 is 14.0 Å². The van der Waals surface area contributed by atoms with Gasteiger partial charge in [0.2, 0.25) is 0 Å². The summed E-state index contributed by atoms with van der Waals surface area (Å²) in [5.41, 5.74) is 0.283. The first kappa shape index (κ1) is 17.2. The molecule has 1 aliphatic rings. The molecule has 1 aromatic heterocycles. The number of rotatable bonds is 4. The highest BCUT2D eigenvalue weighted by atomic mass is 16.6. The van der Waals surface area contributed by atoms with Gasteiger partial charge in [0.15, 0.2) is 0 Å². The van der Waals surface area contributed by atoms with Crippen LogP contribution in [0.15, 0.2) is 21.7 Å². The first-order valence-electron chi connectivity index (χ1n) is 8.70. The van der Waals surface area contributed by atoms with Crippen molar-refractivity contribution >= 4 is 22.4 Å². The number of fused-ring (bicyclic) bond motifs is 1. The van der Waals surface area contributed by atoms with Crippen molar-refractivity contribution < 1.29 is 4.92 Å². The molecule has 0 saturated carbocycles. The number of nitro groups is 1. The van der Waals surface area contributed by atoms with E-state index in [1.54, 1.807) is 19.9 Å². The van der Waals surface area contributed by atoms with Crippen LogP contribution in [0, 0.1) is 10.1 Å². The van der Waals surface area contributed by atoms with Crippen molar-refractivity contribution in [2.24, 2.45) is 0 Å². The van der Waals surface area contributed by atoms with Gasteiger partial charge in [0, 0.05) is 32.2 Å². The second-order valence-corrected chi connectivity index (χ2v) is 6.23. The molecule has 1 saturated heterocycles. The van der Waals surface area contributed by atoms with Crippen LogP contribution in [0.3, 0.4) is 0 Å². The molecule has 2 heterocycles. The minimum atomic E-state index is -0.642. The molecule has 1 aromatic carbocycles. The molecular weight excluding hydrogens is 324 g/mol. The lowest BCUT2D eigenvalue weighted by Crippen LogP contribution is -2.41. The third kappa shape index (κ3) is 2.81. The third-order valence-corrected chi connectivity index (χ3v) is 4.85. The van der Waals surface area contributed by atoms with E-state index in [4.69, 9.17) is 0 Å². The van der Waals surface area contributed by atoms with E-state index in [0.717, 1.165) is 32.4 Å². The van der Waals surface area contributed by atoms with E-state index in [1.165, 1.54) is 15.2 Å². The molecule has 1 fully saturated rings. The van der Waals surface area contributed by atoms with Gasteiger partial charge >= 0.3 is 11.1 Å². The van der Waals surface area contributed by atoms with Crippen molar-refractivity contribution in [3.05, 3.63) is 43.0 Å². The minimum absolute atomic E-state index is 0.0164. The molecule has 0 amide bonds. The van der Waals surface area contributed by atoms with Crippen LogP contribution in [0.4, 0.5) is 11.4 Å². The Morgan fingerprint density at radius 2 is 1.48 bits per heavy atom. The predicted molar refractivity (Wildman–Crippen MR) is 96.5 cm³/mol. The Labute approximate surface area is 144 Å². The van der Waals surface area contributed by atoms with Gasteiger partial charge in [0.05, 0.1) is 16.0 Å². The standard InChI is InChI=1S/C17H22N4O4/c1-3-19-13-10-12(18-8-6-5-7-9-18)15(21(24)25)11-14(13)20(4-2)17(23)16(19)22/h10-11H,3-9H2,1-2H3. The van der Waals surface area contributed by atoms with E-state index in [1.807, 2.05) is 4.90 Å². The van der Waals surface area contributed by atoms with E-state index in [-0.39, 0.29) is 12.2 Å². The lowest BCUT2D eigenvalue weighted by atomic mass is 10.1. The lowest BCUT2D eigenvalue weighted by molar-refractivity contribution is -0.384. The maximum atomic E-state index is 12.4. The van der Waals surface area contributed by atoms with Crippen molar-refractivity contribution in [2.75, 3.05) is 18.0 Å². The molecular formula is C17H22N4O4. The van der Waals surface area contributed by atoms with Crippen LogP contribution < -0.4 is 16.0 Å². The summed E-state index contributed by atoms with van der Waals surface area (Å²) in [7, 11) is 0. The number of aromatic nitrogens is 2. The minimum Gasteiger partial charge on any atom is -0.366 e. The van der Waals surface area contributed by atoms with Crippen molar-refractivity contribution in [3.8, 4) is 0 Å². The highest BCUT2D eigenvalue weighted by molar-refractivity contribution is 5.86. The molecule has 0 radical (unpaired) electrons. The number of aryl methyl sites for hydroxylation is 2. The molecule has 0 bridgehead atoms. The van der Waals surface area contributed by atoms with Crippen LogP contribution in [-0.4, -0.2) is 27.1 Å². The summed E-state index contributed by atoms with van der Waals surface area (Å²) in [4.78, 5) is 37.9. The Morgan fingerprint density at radius 1 is 0.960 bits per heavy atom. The molecule has 0 unspecified atom stereocenters. The molecule has 25 heavy (non-hydrogen) atoms. The van der Waals surface area contributed by atoms with Crippen molar-refractivity contribution in [2.45, 2.75) is 46.2 Å². The van der Waals surface area contributed by atoms with E-state index in [9.17, 15) is 19.7 Å². The maximum absolute atomic E-state index is 12.4. The topological polar surface area (TPSA) is 90.4 Å². The van der Waals surface area contributed by atoms with Crippen LogP contribution in [0.25, 0.3) is 11.0 Å². The second-order valence-electron chi connectivity index (χ2n) is 6.23. The number of nitro benzene ring substituents is 1. The predicted octanol–water partition coefficient (Wildman–Crippen LogP) is 2.10. The second kappa shape index (κ2) is 6.70. The van der Waals surface area contributed by atoms with Crippen LogP contribution in [0.1, 0.15) is 33.1 Å². The quantitative estimate of drug-likeness (QED) is 0.480. The van der Waals surface area contributed by atoms with Crippen LogP contribution >= 0.6 is 0 Å². The van der Waals surface area contributed by atoms with Gasteiger partial charge in [-0.25, -0.2) is 0 Å². The van der Waals surface area contributed by atoms with Gasteiger partial charge in [-0.2, -0.15) is 0 Å². The SMILES string of the molecule is CCn1c(=O)c(=O)n(CC)c2cc([N+](=O)[O-])c(N3CCCCC3)cc21. The molecule has 8 nitrogen and oxygen atoms in total. The maximum Gasteiger partial charge on any atom is 0.316 e. The highest BCUT2D eigenvalue weighted by Gasteiger charge is 2.24. The van der Waals surface area contributed by atoms with Crippen molar-refractivity contribution in [3.63, 3.8) is 0 Å². The molecule has 0 aliphatic carbocycles. The Balaban J connectivity index is 2.39. The fourth-order valence-electron chi connectivity index (χ4n) is 3.60. The molecule has 8 heteroatoms. The monoisotopic (exact) mass is 346 g/mol. The number of anilines is 1. The summed E-state index contributed by atoms with van der Waals surface area (Å²) < 4.78 is 2.72. The highest BCUT2D eigenvalue weighted by Crippen LogP contribution is 2.34. The molecule has 1 aliphatic heterocycles. The molecule has 0 spiro atoms. The van der Waals surface area contributed by atoms with Crippen LogP contribution in [0.2, 0.25) is 0 Å². The Hall–Kier alpha value is -2.64. The molecule has 3 rings (SSSR count). The Bertz CT molecular complexity index is 938. The van der Waals surface area contributed by atoms with Gasteiger partial charge in [-0.05, 0) is 39.2 Å². The van der Waals surface area contributed by atoms with Gasteiger partial charge in [-0.1, -0.05) is 0 Å². The summed E-state index contributed by atoms with van der Waals surface area (Å²) in [6.07, 6.45) is 3.10. The van der Waals surface area contributed by atoms with Crippen LogP contribution in [0.5, 0.6) is 0 Å². The first-order valence-corrected chi connectivity index (χ1v) is 8.70. The first-order chi connectivity index (χ1) is 12.0. The molecule has 0 N–H and O–H groups in total. The largest absolute Gasteiger partial charge is 0.366 e. The number of benzene rings is 1. The molecule has 0 atom stereocenters. The van der Waals surface area contributed by atoms with Gasteiger partial charge in [-0.15, -0.1) is 0 Å². The Morgan fingerprint density at radius 3 is 1.96 bits per heavy atom. The zero-order valence-corrected chi connectivity index (χ0v) is 14.5. The number of nitrogens with zero attached hydrogens (tertiary/aromatic N) is 4. The normalized spacial score (nSPS) is 14.9. The zero-order valence-electron chi connectivity index (χ0n) is 14.5. The smallest absolute Gasteiger partial charge is 0.316 e. The average molecular weight is 346 g/mol. The average Bonchev–Trinajstić information content (AvgIpc) is 2.63. The lowest BCUT2D eigenvalue weighted by Gasteiger charge is -2.29. The van der Waals surface area contributed by atoms with Crippen LogP contribution in [-0.2, 0) is 13.1 Å². The van der Waals surface area contributed by atoms with Gasteiger partial charge in [0.25, 0.3) is 5.69 Å². The van der Waals surface area contributed by atoms with E-state index >= 15 is 0 Å². The third-order valence-electron chi connectivity index (χ3n) is 4.85. The fraction of sp³-hybridized carbons (Fsp3) is 0.529. The van der Waals surface area contributed by atoms with Crippen molar-refractivity contribution in [1.29, 1.82) is 0 Å². The van der Waals surface area contributed by atoms with Gasteiger partial charge in [0.1, 0.15) is 5.69 Å². The summed E-state index contributed by atoms with van der Waals surface area (Å²) in [6, 6.07) is 3.14. The number of hydrogen-bond donors (Lipinski definition) is 0. The number of piperidine rings is 1. The fourth-order valence-corrected chi connectivity index (χ4v) is 3.60. The summed E-state index contributed by atoms with van der Waals surface area (Å²) in [6.45, 7) is 5.69. The van der Waals surface area contributed by atoms with E-state index < -0.39 is 16.0 Å². The zero-order chi connectivity index (χ0) is 18.1. The summed E-state index contributed by atoms with van der Waals surface area (Å²) in [5.74, 6) is 0. The van der Waals surface area contributed by atoms with Gasteiger partial charge in [-0.3, -0.25) is 19.7 Å².